The first-order valence-corrected chi connectivity index (χ1v) is 18.5. The molecule has 0 saturated heterocycles. The minimum absolute atomic E-state index is 0.0572. The third-order valence-corrected chi connectivity index (χ3v) is 11.6. The van der Waals surface area contributed by atoms with Gasteiger partial charge < -0.3 is 20.4 Å². The molecular weight excluding hydrogens is 634 g/mol. The molecule has 3 aliphatic carbocycles. The summed E-state index contributed by atoms with van der Waals surface area (Å²) in [4.78, 5) is 17.0. The molecule has 0 radical (unpaired) electrons. The summed E-state index contributed by atoms with van der Waals surface area (Å²) in [6.45, 7) is 5.02. The predicted molar refractivity (Wildman–Crippen MR) is 204 cm³/mol. The summed E-state index contributed by atoms with van der Waals surface area (Å²) in [5.74, 6) is -0.180. The standard InChI is InChI=1S/C45H53NO5/c1-32-12-11-24-44(2)42(23-25-45(44,51)31-46(29-37(49)30-47)28-33-13-5-3-6-14-33)39-22-20-34(26-36(48)21-19-32)27-41(39)43(50)40-18-10-9-17-38(40)35-15-7-4-8-16-35/h3-10,12-18,20,22,27,36-37,42,47-49,51H,11,19,21,23-26,28-31H2,1-2H3/t36-,37-,42-,44-,45+/m0/s1. The predicted octanol–water partition coefficient (Wildman–Crippen LogP) is 7.48. The van der Waals surface area contributed by atoms with E-state index >= 15 is 0 Å². The Morgan fingerprint density at radius 1 is 0.902 bits per heavy atom. The van der Waals surface area contributed by atoms with Crippen molar-refractivity contribution in [2.75, 3.05) is 19.7 Å². The zero-order chi connectivity index (χ0) is 36.0. The molecular formula is C45H53NO5. The van der Waals surface area contributed by atoms with Crippen LogP contribution in [-0.2, 0) is 13.0 Å². The second kappa shape index (κ2) is 16.2. The Kier molecular flexibility index (Phi) is 11.7. The molecule has 7 rings (SSSR count). The third kappa shape index (κ3) is 8.27. The van der Waals surface area contributed by atoms with Crippen molar-refractivity contribution in [2.24, 2.45) is 5.41 Å². The van der Waals surface area contributed by atoms with Crippen LogP contribution in [0.2, 0.25) is 0 Å². The van der Waals surface area contributed by atoms with Crippen molar-refractivity contribution in [1.82, 2.24) is 4.90 Å². The summed E-state index contributed by atoms with van der Waals surface area (Å²) in [6.07, 6.45) is 5.36. The largest absolute Gasteiger partial charge is 0.394 e. The lowest BCUT2D eigenvalue weighted by atomic mass is 9.64. The van der Waals surface area contributed by atoms with Crippen LogP contribution >= 0.6 is 0 Å². The summed E-state index contributed by atoms with van der Waals surface area (Å²) in [6, 6.07) is 33.9. The molecule has 0 amide bonds. The van der Waals surface area contributed by atoms with E-state index < -0.39 is 23.2 Å². The van der Waals surface area contributed by atoms with Crippen molar-refractivity contribution in [1.29, 1.82) is 0 Å². The number of carbonyl (C=O) groups is 1. The number of rotatable bonds is 10. The van der Waals surface area contributed by atoms with Crippen LogP contribution in [0.5, 0.6) is 0 Å². The molecule has 4 aromatic rings. The average Bonchev–Trinajstić information content (AvgIpc) is 3.39. The molecule has 0 aliphatic heterocycles. The van der Waals surface area contributed by atoms with E-state index in [1.54, 1.807) is 0 Å². The molecule has 3 aliphatic rings. The molecule has 4 N–H and O–H groups in total. The fourth-order valence-electron chi connectivity index (χ4n) is 8.64. The summed E-state index contributed by atoms with van der Waals surface area (Å²) >= 11 is 0. The van der Waals surface area contributed by atoms with Crippen molar-refractivity contribution >= 4 is 5.78 Å². The molecule has 4 aromatic carbocycles. The van der Waals surface area contributed by atoms with E-state index in [4.69, 9.17) is 0 Å². The van der Waals surface area contributed by atoms with Gasteiger partial charge in [0, 0.05) is 36.2 Å². The first-order chi connectivity index (χ1) is 24.6. The van der Waals surface area contributed by atoms with E-state index in [9.17, 15) is 25.2 Å². The fraction of sp³-hybridized carbons (Fsp3) is 0.400. The Hall–Kier alpha value is -3.91. The number of hydrogen-bond donors (Lipinski definition) is 4. The van der Waals surface area contributed by atoms with E-state index in [1.165, 1.54) is 5.57 Å². The number of ketones is 1. The van der Waals surface area contributed by atoms with E-state index in [2.05, 4.69) is 37.0 Å². The number of aliphatic hydroxyl groups is 4. The van der Waals surface area contributed by atoms with Crippen LogP contribution in [0.1, 0.15) is 90.9 Å². The number of hydrogen-bond acceptors (Lipinski definition) is 6. The lowest BCUT2D eigenvalue weighted by Crippen LogP contribution is -2.53. The Labute approximate surface area is 303 Å². The maximum Gasteiger partial charge on any atom is 0.193 e. The minimum atomic E-state index is -1.14. The zero-order valence-electron chi connectivity index (χ0n) is 30.0. The minimum Gasteiger partial charge on any atom is -0.394 e. The number of benzene rings is 4. The van der Waals surface area contributed by atoms with Crippen LogP contribution in [0.25, 0.3) is 11.1 Å². The van der Waals surface area contributed by atoms with Crippen molar-refractivity contribution in [3.05, 3.63) is 143 Å². The normalized spacial score (nSPS) is 24.5. The van der Waals surface area contributed by atoms with Crippen LogP contribution in [-0.4, -0.2) is 68.6 Å². The molecule has 0 unspecified atom stereocenters. The van der Waals surface area contributed by atoms with Gasteiger partial charge in [-0.2, -0.15) is 0 Å². The fourth-order valence-corrected chi connectivity index (χ4v) is 8.64. The van der Waals surface area contributed by atoms with E-state index in [0.29, 0.717) is 56.3 Å². The second-order valence-electron chi connectivity index (χ2n) is 15.2. The molecule has 2 bridgehead atoms. The smallest absolute Gasteiger partial charge is 0.193 e. The molecule has 51 heavy (non-hydrogen) atoms. The maximum atomic E-state index is 14.9. The monoisotopic (exact) mass is 687 g/mol. The van der Waals surface area contributed by atoms with Gasteiger partial charge in [-0.25, -0.2) is 0 Å². The first kappa shape index (κ1) is 36.9. The highest BCUT2D eigenvalue weighted by atomic mass is 16.3. The lowest BCUT2D eigenvalue weighted by Gasteiger charge is -2.46. The van der Waals surface area contributed by atoms with Gasteiger partial charge in [0.2, 0.25) is 0 Å². The third-order valence-electron chi connectivity index (χ3n) is 11.6. The molecule has 0 aromatic heterocycles. The summed E-state index contributed by atoms with van der Waals surface area (Å²) in [5.41, 5.74) is 5.50. The van der Waals surface area contributed by atoms with Crippen molar-refractivity contribution in [3.8, 4) is 11.1 Å². The van der Waals surface area contributed by atoms with E-state index in [-0.39, 0.29) is 24.9 Å². The van der Waals surface area contributed by atoms with E-state index in [0.717, 1.165) is 40.7 Å². The highest BCUT2D eigenvalue weighted by molar-refractivity contribution is 6.13. The Bertz CT molecular complexity index is 1810. The van der Waals surface area contributed by atoms with Gasteiger partial charge in [0.25, 0.3) is 0 Å². The number of nitrogens with zero attached hydrogens (tertiary/aromatic N) is 1. The molecule has 6 nitrogen and oxygen atoms in total. The molecule has 0 heterocycles. The second-order valence-corrected chi connectivity index (χ2v) is 15.2. The van der Waals surface area contributed by atoms with Gasteiger partial charge in [-0.3, -0.25) is 9.69 Å². The molecule has 6 heteroatoms. The number of carbonyl (C=O) groups excluding carboxylic acids is 1. The lowest BCUT2D eigenvalue weighted by molar-refractivity contribution is -0.0907. The van der Waals surface area contributed by atoms with Crippen LogP contribution < -0.4 is 0 Å². The van der Waals surface area contributed by atoms with Crippen molar-refractivity contribution in [3.63, 3.8) is 0 Å². The van der Waals surface area contributed by atoms with Gasteiger partial charge in [0.05, 0.1) is 24.4 Å². The highest BCUT2D eigenvalue weighted by Gasteiger charge is 2.57. The number of allylic oxidation sites excluding steroid dienone is 2. The van der Waals surface area contributed by atoms with Gasteiger partial charge in [-0.1, -0.05) is 116 Å². The van der Waals surface area contributed by atoms with E-state index in [1.807, 2.05) is 91.0 Å². The molecule has 1 saturated carbocycles. The highest BCUT2D eigenvalue weighted by Crippen LogP contribution is 2.59. The van der Waals surface area contributed by atoms with Crippen LogP contribution in [0.15, 0.2) is 115 Å². The SMILES string of the molecule is CC1=CCC[C@@]2(C)[C@@H](CC[C@@]2(O)CN(Cc2ccccc2)C[C@H](O)CO)c2ccc(cc2C(=O)c2ccccc2-c2ccccc2)C[C@@H](O)CC1. The summed E-state index contributed by atoms with van der Waals surface area (Å²) in [5, 5.41) is 44.4. The Morgan fingerprint density at radius 3 is 2.35 bits per heavy atom. The van der Waals surface area contributed by atoms with Gasteiger partial charge in [-0.05, 0) is 91.7 Å². The van der Waals surface area contributed by atoms with Crippen molar-refractivity contribution in [2.45, 2.75) is 89.1 Å². The topological polar surface area (TPSA) is 101 Å². The number of aliphatic hydroxyl groups excluding tert-OH is 3. The van der Waals surface area contributed by atoms with Gasteiger partial charge in [0.1, 0.15) is 0 Å². The summed E-state index contributed by atoms with van der Waals surface area (Å²) < 4.78 is 0. The average molecular weight is 688 g/mol. The van der Waals surface area contributed by atoms with Gasteiger partial charge in [-0.15, -0.1) is 0 Å². The quantitative estimate of drug-likeness (QED) is 0.102. The summed E-state index contributed by atoms with van der Waals surface area (Å²) in [7, 11) is 0. The van der Waals surface area contributed by atoms with Gasteiger partial charge >= 0.3 is 0 Å². The van der Waals surface area contributed by atoms with Crippen LogP contribution in [0, 0.1) is 5.41 Å². The molecule has 1 fully saturated rings. The van der Waals surface area contributed by atoms with Gasteiger partial charge in [0.15, 0.2) is 5.78 Å². The first-order valence-electron chi connectivity index (χ1n) is 18.5. The molecule has 0 spiro atoms. The Morgan fingerprint density at radius 2 is 1.61 bits per heavy atom. The number of fused-ring (bicyclic) bond motifs is 8. The zero-order valence-corrected chi connectivity index (χ0v) is 30.0. The van der Waals surface area contributed by atoms with Crippen LogP contribution in [0.4, 0.5) is 0 Å². The molecule has 5 atom stereocenters. The maximum absolute atomic E-state index is 14.9. The Balaban J connectivity index is 1.45. The van der Waals surface area contributed by atoms with Crippen LogP contribution in [0.3, 0.4) is 0 Å². The van der Waals surface area contributed by atoms with Crippen molar-refractivity contribution < 1.29 is 25.2 Å². The molecule has 268 valence electrons.